The zero-order chi connectivity index (χ0) is 22.8. The van der Waals surface area contributed by atoms with Crippen LogP contribution in [0.1, 0.15) is 23.6 Å². The number of carbonyl (C=O) groups is 2. The molecule has 1 aliphatic heterocycles. The maximum Gasteiger partial charge on any atom is 0.282 e. The summed E-state index contributed by atoms with van der Waals surface area (Å²) >= 11 is 0. The van der Waals surface area contributed by atoms with Gasteiger partial charge in [-0.05, 0) is 73.9 Å². The number of anilines is 2. The molecule has 162 valence electrons. The van der Waals surface area contributed by atoms with Crippen molar-refractivity contribution in [2.75, 3.05) is 16.8 Å². The monoisotopic (exact) mass is 430 g/mol. The van der Waals surface area contributed by atoms with Crippen LogP contribution in [0.3, 0.4) is 0 Å². The molecule has 6 heteroatoms. The van der Waals surface area contributed by atoms with Crippen LogP contribution < -0.4 is 15.0 Å². The van der Waals surface area contributed by atoms with E-state index in [4.69, 9.17) is 4.74 Å². The maximum atomic E-state index is 13.5. The molecular formula is C26H23FN2O3. The Morgan fingerprint density at radius 3 is 2.34 bits per heavy atom. The Morgan fingerprint density at radius 1 is 0.906 bits per heavy atom. The van der Waals surface area contributed by atoms with E-state index in [0.29, 0.717) is 29.3 Å². The van der Waals surface area contributed by atoms with Gasteiger partial charge < -0.3 is 10.1 Å². The Bertz CT molecular complexity index is 1230. The molecule has 1 N–H and O–H groups in total. The average Bonchev–Trinajstić information content (AvgIpc) is 3.01. The second-order valence-electron chi connectivity index (χ2n) is 7.56. The summed E-state index contributed by atoms with van der Waals surface area (Å²) in [5.41, 5.74) is 4.06. The number of amides is 2. The number of halogens is 1. The van der Waals surface area contributed by atoms with E-state index in [0.717, 1.165) is 16.0 Å². The van der Waals surface area contributed by atoms with Crippen LogP contribution in [0.2, 0.25) is 0 Å². The van der Waals surface area contributed by atoms with E-state index in [9.17, 15) is 14.0 Å². The maximum absolute atomic E-state index is 13.5. The Hall–Kier alpha value is -3.93. The van der Waals surface area contributed by atoms with Gasteiger partial charge in [-0.15, -0.1) is 0 Å². The first-order chi connectivity index (χ1) is 15.4. The first kappa shape index (κ1) is 21.3. The Kier molecular flexibility index (Phi) is 5.77. The fourth-order valence-electron chi connectivity index (χ4n) is 3.61. The summed E-state index contributed by atoms with van der Waals surface area (Å²) in [5, 5.41) is 3.13. The molecule has 0 aliphatic carbocycles. The molecule has 32 heavy (non-hydrogen) atoms. The number of rotatable bonds is 6. The Morgan fingerprint density at radius 2 is 1.66 bits per heavy atom. The van der Waals surface area contributed by atoms with Gasteiger partial charge in [0.2, 0.25) is 0 Å². The van der Waals surface area contributed by atoms with Gasteiger partial charge in [0.1, 0.15) is 17.3 Å². The van der Waals surface area contributed by atoms with E-state index in [1.54, 1.807) is 24.3 Å². The van der Waals surface area contributed by atoms with Crippen molar-refractivity contribution >= 4 is 28.8 Å². The third-order valence-corrected chi connectivity index (χ3v) is 5.38. The lowest BCUT2D eigenvalue weighted by molar-refractivity contribution is -0.120. The summed E-state index contributed by atoms with van der Waals surface area (Å²) in [6, 6.07) is 18.1. The number of nitrogens with one attached hydrogen (secondary N) is 1. The number of carbonyl (C=O) groups excluding carboxylic acids is 2. The lowest BCUT2D eigenvalue weighted by Gasteiger charge is -2.16. The number of benzene rings is 3. The molecule has 3 aromatic carbocycles. The largest absolute Gasteiger partial charge is 0.494 e. The third-order valence-electron chi connectivity index (χ3n) is 5.38. The van der Waals surface area contributed by atoms with Crippen molar-refractivity contribution in [3.63, 3.8) is 0 Å². The highest BCUT2D eigenvalue weighted by Gasteiger charge is 2.40. The molecule has 0 saturated heterocycles. The van der Waals surface area contributed by atoms with Crippen molar-refractivity contribution in [1.29, 1.82) is 0 Å². The van der Waals surface area contributed by atoms with Gasteiger partial charge in [0, 0.05) is 11.8 Å². The third kappa shape index (κ3) is 3.99. The summed E-state index contributed by atoms with van der Waals surface area (Å²) in [6.45, 7) is 6.30. The highest BCUT2D eigenvalue weighted by molar-refractivity contribution is 6.46. The van der Waals surface area contributed by atoms with Crippen LogP contribution in [0.25, 0.3) is 5.57 Å². The van der Waals surface area contributed by atoms with Gasteiger partial charge in [0.25, 0.3) is 11.8 Å². The number of aryl methyl sites for hydroxylation is 2. The molecule has 0 unspecified atom stereocenters. The van der Waals surface area contributed by atoms with Gasteiger partial charge in [-0.3, -0.25) is 9.59 Å². The van der Waals surface area contributed by atoms with Crippen molar-refractivity contribution in [3.8, 4) is 5.75 Å². The molecule has 2 amide bonds. The van der Waals surface area contributed by atoms with Gasteiger partial charge in [0.05, 0.1) is 17.9 Å². The molecule has 4 rings (SSSR count). The van der Waals surface area contributed by atoms with E-state index < -0.39 is 17.6 Å². The predicted molar refractivity (Wildman–Crippen MR) is 123 cm³/mol. The molecule has 0 aromatic heterocycles. The van der Waals surface area contributed by atoms with Gasteiger partial charge in [0.15, 0.2) is 0 Å². The minimum atomic E-state index is -0.485. The molecule has 0 spiro atoms. The van der Waals surface area contributed by atoms with Crippen molar-refractivity contribution in [2.24, 2.45) is 0 Å². The fraction of sp³-hybridized carbons (Fsp3) is 0.154. The average molecular weight is 430 g/mol. The van der Waals surface area contributed by atoms with Crippen molar-refractivity contribution < 1.29 is 18.7 Å². The molecule has 0 saturated carbocycles. The standard InChI is InChI=1S/C26H23FN2O3/c1-4-32-22-7-5-6-21(15-22)29-25(30)23(18-9-11-19(27)12-10-18)24(26(29)31)28-20-13-8-16(2)17(3)14-20/h5-15,28H,4H2,1-3H3. The van der Waals surface area contributed by atoms with Crippen LogP contribution in [0.15, 0.2) is 72.4 Å². The van der Waals surface area contributed by atoms with Gasteiger partial charge in [-0.2, -0.15) is 0 Å². The molecule has 0 radical (unpaired) electrons. The SMILES string of the molecule is CCOc1cccc(N2C(=O)C(Nc3ccc(C)c(C)c3)=C(c3ccc(F)cc3)C2=O)c1. The molecule has 5 nitrogen and oxygen atoms in total. The van der Waals surface area contributed by atoms with Crippen molar-refractivity contribution in [2.45, 2.75) is 20.8 Å². The minimum Gasteiger partial charge on any atom is -0.494 e. The van der Waals surface area contributed by atoms with Crippen LogP contribution >= 0.6 is 0 Å². The first-order valence-electron chi connectivity index (χ1n) is 10.3. The molecule has 1 aliphatic rings. The van der Waals surface area contributed by atoms with Crippen LogP contribution in [0, 0.1) is 19.7 Å². The van der Waals surface area contributed by atoms with E-state index in [1.165, 1.54) is 24.3 Å². The Balaban J connectivity index is 1.80. The van der Waals surface area contributed by atoms with E-state index in [-0.39, 0.29) is 11.3 Å². The molecule has 0 fully saturated rings. The van der Waals surface area contributed by atoms with E-state index in [1.807, 2.05) is 39.0 Å². The Labute approximate surface area is 186 Å². The quantitative estimate of drug-likeness (QED) is 0.544. The number of nitrogens with zero attached hydrogens (tertiary/aromatic N) is 1. The lowest BCUT2D eigenvalue weighted by Crippen LogP contribution is -2.32. The number of imide groups is 1. The number of ether oxygens (including phenoxy) is 1. The van der Waals surface area contributed by atoms with Crippen LogP contribution in [-0.2, 0) is 9.59 Å². The predicted octanol–water partition coefficient (Wildman–Crippen LogP) is 5.24. The zero-order valence-electron chi connectivity index (χ0n) is 18.1. The fourth-order valence-corrected chi connectivity index (χ4v) is 3.61. The second-order valence-corrected chi connectivity index (χ2v) is 7.56. The minimum absolute atomic E-state index is 0.145. The molecular weight excluding hydrogens is 407 g/mol. The van der Waals surface area contributed by atoms with Gasteiger partial charge in [-0.25, -0.2) is 9.29 Å². The van der Waals surface area contributed by atoms with Crippen LogP contribution in [0.5, 0.6) is 5.75 Å². The highest BCUT2D eigenvalue weighted by Crippen LogP contribution is 2.35. The summed E-state index contributed by atoms with van der Waals surface area (Å²) in [7, 11) is 0. The van der Waals surface area contributed by atoms with Crippen molar-refractivity contribution in [1.82, 2.24) is 0 Å². The molecule has 0 bridgehead atoms. The molecule has 3 aromatic rings. The highest BCUT2D eigenvalue weighted by atomic mass is 19.1. The second kappa shape index (κ2) is 8.67. The van der Waals surface area contributed by atoms with E-state index >= 15 is 0 Å². The smallest absolute Gasteiger partial charge is 0.282 e. The topological polar surface area (TPSA) is 58.6 Å². The molecule has 0 atom stereocenters. The van der Waals surface area contributed by atoms with Crippen LogP contribution in [-0.4, -0.2) is 18.4 Å². The van der Waals surface area contributed by atoms with Crippen molar-refractivity contribution in [3.05, 3.63) is 94.9 Å². The van der Waals surface area contributed by atoms with Gasteiger partial charge >= 0.3 is 0 Å². The van der Waals surface area contributed by atoms with Gasteiger partial charge in [-0.1, -0.05) is 24.3 Å². The lowest BCUT2D eigenvalue weighted by atomic mass is 10.0. The molecule has 1 heterocycles. The summed E-state index contributed by atoms with van der Waals surface area (Å²) in [5.74, 6) is -0.830. The number of hydrogen-bond donors (Lipinski definition) is 1. The zero-order valence-corrected chi connectivity index (χ0v) is 18.1. The summed E-state index contributed by atoms with van der Waals surface area (Å²) in [6.07, 6.45) is 0. The number of hydrogen-bond acceptors (Lipinski definition) is 4. The normalized spacial score (nSPS) is 13.7. The summed E-state index contributed by atoms with van der Waals surface area (Å²) < 4.78 is 19.1. The van der Waals surface area contributed by atoms with E-state index in [2.05, 4.69) is 5.32 Å². The van der Waals surface area contributed by atoms with Crippen LogP contribution in [0.4, 0.5) is 15.8 Å². The summed E-state index contributed by atoms with van der Waals surface area (Å²) in [4.78, 5) is 28.0. The first-order valence-corrected chi connectivity index (χ1v) is 10.3.